The molecule has 140 valence electrons. The van der Waals surface area contributed by atoms with Gasteiger partial charge in [0.25, 0.3) is 0 Å². The molecule has 3 atom stereocenters. The van der Waals surface area contributed by atoms with Crippen LogP contribution >= 0.6 is 0 Å². The van der Waals surface area contributed by atoms with Crippen LogP contribution < -0.4 is 5.32 Å². The van der Waals surface area contributed by atoms with E-state index in [1.807, 2.05) is 24.3 Å². The Balaban J connectivity index is 1.72. The van der Waals surface area contributed by atoms with Crippen LogP contribution in [-0.4, -0.2) is 33.8 Å². The second-order valence-electron chi connectivity index (χ2n) is 7.50. The molecule has 6 heteroatoms. The average molecular weight is 358 g/mol. The number of nitrogens with one attached hydrogen (secondary N) is 2. The maximum atomic E-state index is 12.4. The number of alkyl carbamates (subject to hydrolysis) is 1. The number of ether oxygens (including phenoxy) is 1. The van der Waals surface area contributed by atoms with Gasteiger partial charge >= 0.3 is 12.1 Å². The highest BCUT2D eigenvalue weighted by molar-refractivity contribution is 5.87. The van der Waals surface area contributed by atoms with Crippen LogP contribution in [-0.2, 0) is 16.0 Å². The predicted octanol–water partition coefficient (Wildman–Crippen LogP) is 3.86. The smallest absolute Gasteiger partial charge is 0.408 e. The highest BCUT2D eigenvalue weighted by Gasteiger charge is 2.37. The largest absolute Gasteiger partial charge is 0.480 e. The van der Waals surface area contributed by atoms with E-state index >= 15 is 0 Å². The molecule has 2 aromatic rings. The molecule has 0 spiro atoms. The topological polar surface area (TPSA) is 91.4 Å². The quantitative estimate of drug-likeness (QED) is 0.757. The number of carboxylic acid groups (broad SMARTS) is 1. The number of hydrogen-bond donors (Lipinski definition) is 3. The molecule has 6 nitrogen and oxygen atoms in total. The molecule has 1 saturated carbocycles. The van der Waals surface area contributed by atoms with Crippen LogP contribution in [0.5, 0.6) is 0 Å². The number of para-hydroxylation sites is 1. The van der Waals surface area contributed by atoms with Crippen molar-refractivity contribution < 1.29 is 19.4 Å². The molecule has 1 aromatic carbocycles. The van der Waals surface area contributed by atoms with Gasteiger partial charge in [0, 0.05) is 23.5 Å². The molecule has 1 amide bonds. The normalized spacial score (nSPS) is 22.5. The van der Waals surface area contributed by atoms with E-state index in [1.165, 1.54) is 6.92 Å². The number of carboxylic acids is 1. The number of aliphatic carboxylic acids is 1. The molecule has 1 heterocycles. The first-order chi connectivity index (χ1) is 12.4. The molecule has 26 heavy (non-hydrogen) atoms. The van der Waals surface area contributed by atoms with Gasteiger partial charge in [-0.2, -0.15) is 0 Å². The first-order valence-corrected chi connectivity index (χ1v) is 9.16. The Hall–Kier alpha value is -2.50. The van der Waals surface area contributed by atoms with Crippen molar-refractivity contribution in [1.82, 2.24) is 10.3 Å². The number of rotatable bonds is 5. The van der Waals surface area contributed by atoms with E-state index in [9.17, 15) is 14.7 Å². The highest BCUT2D eigenvalue weighted by atomic mass is 16.6. The SMILES string of the molecule is C[C@@H]1CCCC[C@H]1OC(=O)N[C@](C)(Cc1c[nH]c2ccccc12)C(=O)O. The Bertz CT molecular complexity index is 800. The summed E-state index contributed by atoms with van der Waals surface area (Å²) in [4.78, 5) is 27.4. The fourth-order valence-corrected chi connectivity index (χ4v) is 3.68. The Morgan fingerprint density at radius 1 is 1.31 bits per heavy atom. The van der Waals surface area contributed by atoms with Crippen molar-refractivity contribution in [3.8, 4) is 0 Å². The Morgan fingerprint density at radius 2 is 2.04 bits per heavy atom. The average Bonchev–Trinajstić information content (AvgIpc) is 2.99. The van der Waals surface area contributed by atoms with E-state index in [1.54, 1.807) is 6.20 Å². The minimum atomic E-state index is -1.44. The number of hydrogen-bond acceptors (Lipinski definition) is 3. The summed E-state index contributed by atoms with van der Waals surface area (Å²) in [6.45, 7) is 3.59. The summed E-state index contributed by atoms with van der Waals surface area (Å²) in [5.41, 5.74) is 0.339. The number of aromatic amines is 1. The zero-order valence-electron chi connectivity index (χ0n) is 15.2. The summed E-state index contributed by atoms with van der Waals surface area (Å²) in [5, 5.41) is 13.3. The van der Waals surface area contributed by atoms with Gasteiger partial charge in [-0.05, 0) is 43.7 Å². The van der Waals surface area contributed by atoms with Crippen LogP contribution in [0.4, 0.5) is 4.79 Å². The molecular formula is C20H26N2O4. The predicted molar refractivity (Wildman–Crippen MR) is 99.1 cm³/mol. The van der Waals surface area contributed by atoms with Crippen molar-refractivity contribution in [3.63, 3.8) is 0 Å². The molecule has 0 saturated heterocycles. The molecule has 1 aliphatic rings. The van der Waals surface area contributed by atoms with Gasteiger partial charge in [0.1, 0.15) is 11.6 Å². The molecule has 0 radical (unpaired) electrons. The lowest BCUT2D eigenvalue weighted by atomic mass is 9.88. The lowest BCUT2D eigenvalue weighted by Crippen LogP contribution is -2.54. The third kappa shape index (κ3) is 3.84. The zero-order valence-corrected chi connectivity index (χ0v) is 15.2. The Labute approximate surface area is 152 Å². The molecule has 1 aliphatic carbocycles. The Kier molecular flexibility index (Phi) is 5.20. The minimum absolute atomic E-state index is 0.144. The Morgan fingerprint density at radius 3 is 2.77 bits per heavy atom. The van der Waals surface area contributed by atoms with E-state index in [2.05, 4.69) is 17.2 Å². The van der Waals surface area contributed by atoms with Crippen molar-refractivity contribution in [1.29, 1.82) is 0 Å². The van der Waals surface area contributed by atoms with E-state index in [-0.39, 0.29) is 12.5 Å². The van der Waals surface area contributed by atoms with Crippen LogP contribution in [0.1, 0.15) is 45.1 Å². The minimum Gasteiger partial charge on any atom is -0.480 e. The molecule has 0 unspecified atom stereocenters. The van der Waals surface area contributed by atoms with Gasteiger partial charge in [-0.3, -0.25) is 0 Å². The van der Waals surface area contributed by atoms with Crippen LogP contribution in [0.3, 0.4) is 0 Å². The van der Waals surface area contributed by atoms with Crippen molar-refractivity contribution in [3.05, 3.63) is 36.0 Å². The van der Waals surface area contributed by atoms with Crippen molar-refractivity contribution in [2.75, 3.05) is 0 Å². The number of benzene rings is 1. The zero-order chi connectivity index (χ0) is 18.7. The molecule has 1 fully saturated rings. The molecule has 0 bridgehead atoms. The summed E-state index contributed by atoms with van der Waals surface area (Å²) in [5.74, 6) is -0.782. The molecule has 3 N–H and O–H groups in total. The number of fused-ring (bicyclic) bond motifs is 1. The van der Waals surface area contributed by atoms with Gasteiger partial charge in [0.2, 0.25) is 0 Å². The lowest BCUT2D eigenvalue weighted by molar-refractivity contribution is -0.144. The van der Waals surface area contributed by atoms with Gasteiger partial charge in [0.05, 0.1) is 0 Å². The summed E-state index contributed by atoms with van der Waals surface area (Å²) >= 11 is 0. The summed E-state index contributed by atoms with van der Waals surface area (Å²) in [7, 11) is 0. The molecular weight excluding hydrogens is 332 g/mol. The van der Waals surface area contributed by atoms with E-state index in [0.717, 1.165) is 42.1 Å². The number of aromatic nitrogens is 1. The maximum Gasteiger partial charge on any atom is 0.408 e. The van der Waals surface area contributed by atoms with E-state index in [0.29, 0.717) is 5.92 Å². The standard InChI is InChI=1S/C20H26N2O4/c1-13-7-3-6-10-17(13)26-19(25)22-20(2,18(23)24)11-14-12-21-16-9-5-4-8-15(14)16/h4-5,8-9,12-13,17,21H,3,6-7,10-11H2,1-2H3,(H,22,25)(H,23,24)/t13-,17-,20-/m1/s1. The lowest BCUT2D eigenvalue weighted by Gasteiger charge is -2.31. The monoisotopic (exact) mass is 358 g/mol. The number of carbonyl (C=O) groups is 2. The van der Waals surface area contributed by atoms with Crippen LogP contribution in [0.25, 0.3) is 10.9 Å². The molecule has 0 aliphatic heterocycles. The fraction of sp³-hybridized carbons (Fsp3) is 0.500. The first kappa shape index (κ1) is 18.3. The van der Waals surface area contributed by atoms with E-state index in [4.69, 9.17) is 4.74 Å². The van der Waals surface area contributed by atoms with E-state index < -0.39 is 17.6 Å². The molecule has 1 aromatic heterocycles. The van der Waals surface area contributed by atoms with Gasteiger partial charge in [-0.1, -0.05) is 31.5 Å². The number of H-pyrrole nitrogens is 1. The number of amides is 1. The second kappa shape index (κ2) is 7.40. The molecule has 3 rings (SSSR count). The second-order valence-corrected chi connectivity index (χ2v) is 7.50. The maximum absolute atomic E-state index is 12.4. The van der Waals surface area contributed by atoms with Crippen molar-refractivity contribution in [2.45, 2.75) is 57.6 Å². The van der Waals surface area contributed by atoms with Gasteiger partial charge in [-0.15, -0.1) is 0 Å². The van der Waals surface area contributed by atoms with Gasteiger partial charge in [0.15, 0.2) is 0 Å². The van der Waals surface area contributed by atoms with Crippen molar-refractivity contribution in [2.24, 2.45) is 5.92 Å². The summed E-state index contributed by atoms with van der Waals surface area (Å²) < 4.78 is 5.53. The first-order valence-electron chi connectivity index (χ1n) is 9.16. The van der Waals surface area contributed by atoms with Crippen LogP contribution in [0.2, 0.25) is 0 Å². The summed E-state index contributed by atoms with van der Waals surface area (Å²) in [6, 6.07) is 7.69. The third-order valence-electron chi connectivity index (χ3n) is 5.36. The van der Waals surface area contributed by atoms with Gasteiger partial charge in [-0.25, -0.2) is 9.59 Å². The van der Waals surface area contributed by atoms with Crippen LogP contribution in [0.15, 0.2) is 30.5 Å². The van der Waals surface area contributed by atoms with Crippen molar-refractivity contribution >= 4 is 23.0 Å². The fourth-order valence-electron chi connectivity index (χ4n) is 3.68. The highest BCUT2D eigenvalue weighted by Crippen LogP contribution is 2.27. The summed E-state index contributed by atoms with van der Waals surface area (Å²) in [6.07, 6.45) is 5.21. The van der Waals surface area contributed by atoms with Crippen LogP contribution in [0, 0.1) is 5.92 Å². The number of carbonyl (C=O) groups excluding carboxylic acids is 1. The van der Waals surface area contributed by atoms with Gasteiger partial charge < -0.3 is 20.1 Å². The third-order valence-corrected chi connectivity index (χ3v) is 5.36.